The molecular formula is C11H18N4O4S. The summed E-state index contributed by atoms with van der Waals surface area (Å²) < 4.78 is 1.29. The van der Waals surface area contributed by atoms with Gasteiger partial charge in [-0.15, -0.1) is 5.10 Å². The van der Waals surface area contributed by atoms with E-state index in [0.29, 0.717) is 13.1 Å². The van der Waals surface area contributed by atoms with Crippen LogP contribution in [-0.4, -0.2) is 55.5 Å². The molecule has 0 fully saturated rings. The molecule has 20 heavy (non-hydrogen) atoms. The van der Waals surface area contributed by atoms with Gasteiger partial charge in [-0.3, -0.25) is 14.2 Å². The fourth-order valence-corrected chi connectivity index (χ4v) is 2.37. The van der Waals surface area contributed by atoms with Gasteiger partial charge in [0.1, 0.15) is 0 Å². The van der Waals surface area contributed by atoms with E-state index < -0.39 is 11.7 Å². The molecule has 2 N–H and O–H groups in total. The van der Waals surface area contributed by atoms with Crippen LogP contribution in [-0.2, 0) is 16.1 Å². The molecule has 0 spiro atoms. The van der Waals surface area contributed by atoms with E-state index in [1.54, 1.807) is 4.90 Å². The van der Waals surface area contributed by atoms with Crippen molar-refractivity contribution in [1.29, 1.82) is 0 Å². The number of carboxylic acid groups (broad SMARTS) is 1. The van der Waals surface area contributed by atoms with Gasteiger partial charge in [-0.2, -0.15) is 0 Å². The topological polar surface area (TPSA) is 108 Å². The van der Waals surface area contributed by atoms with Gasteiger partial charge in [0, 0.05) is 26.1 Å². The number of aromatic amines is 1. The monoisotopic (exact) mass is 302 g/mol. The smallest absolute Gasteiger partial charge is 0.343 e. The van der Waals surface area contributed by atoms with Crippen molar-refractivity contribution in [1.82, 2.24) is 19.7 Å². The molecule has 1 aromatic rings. The van der Waals surface area contributed by atoms with Crippen LogP contribution in [0.15, 0.2) is 9.95 Å². The number of aromatic nitrogens is 3. The summed E-state index contributed by atoms with van der Waals surface area (Å²) in [6.07, 6.45) is 0.182. The summed E-state index contributed by atoms with van der Waals surface area (Å²) in [5.41, 5.74) is -0.440. The molecule has 0 aliphatic carbocycles. The number of nitrogens with one attached hydrogen (secondary N) is 1. The number of aliphatic carboxylic acids is 1. The first kappa shape index (κ1) is 16.3. The van der Waals surface area contributed by atoms with E-state index in [2.05, 4.69) is 10.2 Å². The van der Waals surface area contributed by atoms with Gasteiger partial charge in [0.15, 0.2) is 5.16 Å². The second kappa shape index (κ2) is 7.73. The zero-order valence-corrected chi connectivity index (χ0v) is 12.3. The normalized spacial score (nSPS) is 10.5. The lowest BCUT2D eigenvalue weighted by atomic mass is 10.3. The molecule has 112 valence electrons. The van der Waals surface area contributed by atoms with E-state index in [0.717, 1.165) is 11.8 Å². The van der Waals surface area contributed by atoms with Gasteiger partial charge in [-0.1, -0.05) is 11.8 Å². The first-order chi connectivity index (χ1) is 9.49. The Labute approximate surface area is 120 Å². The number of rotatable bonds is 8. The van der Waals surface area contributed by atoms with Crippen LogP contribution in [0.5, 0.6) is 0 Å². The molecule has 0 bridgehead atoms. The zero-order valence-electron chi connectivity index (χ0n) is 11.5. The van der Waals surface area contributed by atoms with E-state index in [4.69, 9.17) is 5.11 Å². The van der Waals surface area contributed by atoms with Crippen molar-refractivity contribution in [3.63, 3.8) is 0 Å². The van der Waals surface area contributed by atoms with E-state index in [-0.39, 0.29) is 29.8 Å². The summed E-state index contributed by atoms with van der Waals surface area (Å²) in [4.78, 5) is 35.6. The summed E-state index contributed by atoms with van der Waals surface area (Å²) >= 11 is 0.944. The maximum atomic E-state index is 11.9. The number of thioether (sulfide) groups is 1. The van der Waals surface area contributed by atoms with Crippen molar-refractivity contribution in [3.8, 4) is 0 Å². The minimum Gasteiger partial charge on any atom is -0.481 e. The van der Waals surface area contributed by atoms with Crippen molar-refractivity contribution < 1.29 is 14.7 Å². The van der Waals surface area contributed by atoms with Crippen LogP contribution in [0.4, 0.5) is 0 Å². The second-order valence-electron chi connectivity index (χ2n) is 3.96. The van der Waals surface area contributed by atoms with Crippen LogP contribution in [0.1, 0.15) is 20.3 Å². The van der Waals surface area contributed by atoms with E-state index in [9.17, 15) is 14.4 Å². The van der Waals surface area contributed by atoms with Gasteiger partial charge < -0.3 is 10.0 Å². The van der Waals surface area contributed by atoms with E-state index in [1.807, 2.05) is 13.8 Å². The molecular weight excluding hydrogens is 284 g/mol. The molecule has 0 aliphatic rings. The zero-order chi connectivity index (χ0) is 15.1. The number of carbonyl (C=O) groups excluding carboxylic acids is 1. The minimum atomic E-state index is -0.990. The lowest BCUT2D eigenvalue weighted by Crippen LogP contribution is -2.32. The third-order valence-corrected chi connectivity index (χ3v) is 3.67. The molecule has 0 saturated heterocycles. The molecule has 1 aromatic heterocycles. The Kier molecular flexibility index (Phi) is 6.29. The second-order valence-corrected chi connectivity index (χ2v) is 4.90. The lowest BCUT2D eigenvalue weighted by Gasteiger charge is -2.18. The highest BCUT2D eigenvalue weighted by atomic mass is 32.2. The standard InChI is InChI=1S/C11H18N4O4S/c1-3-14(4-2)8(16)5-6-15-10(19)12-13-11(15)20-7-9(17)18/h3-7H2,1-2H3,(H,12,19)(H,17,18). The highest BCUT2D eigenvalue weighted by Gasteiger charge is 2.14. The number of H-pyrrole nitrogens is 1. The minimum absolute atomic E-state index is 0.0442. The van der Waals surface area contributed by atoms with Crippen LogP contribution >= 0.6 is 11.8 Å². The quantitative estimate of drug-likeness (QED) is 0.655. The van der Waals surface area contributed by atoms with Crippen molar-refractivity contribution >= 4 is 23.6 Å². The van der Waals surface area contributed by atoms with Crippen LogP contribution in [0.2, 0.25) is 0 Å². The Hall–Kier alpha value is -1.77. The highest BCUT2D eigenvalue weighted by molar-refractivity contribution is 7.99. The molecule has 1 amide bonds. The number of amides is 1. The van der Waals surface area contributed by atoms with Gasteiger partial charge in [0.25, 0.3) is 0 Å². The number of carbonyl (C=O) groups is 2. The molecule has 0 saturated carbocycles. The van der Waals surface area contributed by atoms with Crippen molar-refractivity contribution in [2.24, 2.45) is 0 Å². The molecule has 1 rings (SSSR count). The average molecular weight is 302 g/mol. The van der Waals surface area contributed by atoms with Crippen molar-refractivity contribution in [2.45, 2.75) is 32.0 Å². The van der Waals surface area contributed by atoms with Crippen LogP contribution in [0.25, 0.3) is 0 Å². The Bertz CT molecular complexity index is 521. The van der Waals surface area contributed by atoms with Gasteiger partial charge in [0.05, 0.1) is 5.75 Å². The summed E-state index contributed by atoms with van der Waals surface area (Å²) in [7, 11) is 0. The van der Waals surface area contributed by atoms with Gasteiger partial charge >= 0.3 is 11.7 Å². The Balaban J connectivity index is 2.67. The number of hydrogen-bond acceptors (Lipinski definition) is 5. The molecule has 0 aromatic carbocycles. The third-order valence-electron chi connectivity index (χ3n) is 2.71. The Morgan fingerprint density at radius 2 is 2.05 bits per heavy atom. The Morgan fingerprint density at radius 3 is 2.60 bits per heavy atom. The number of nitrogens with zero attached hydrogens (tertiary/aromatic N) is 3. The van der Waals surface area contributed by atoms with Gasteiger partial charge in [-0.25, -0.2) is 9.89 Å². The maximum Gasteiger partial charge on any atom is 0.343 e. The number of carboxylic acids is 1. The fourth-order valence-electron chi connectivity index (χ4n) is 1.68. The SMILES string of the molecule is CCN(CC)C(=O)CCn1c(SCC(=O)O)n[nH]c1=O. The third kappa shape index (κ3) is 4.41. The van der Waals surface area contributed by atoms with Crippen LogP contribution in [0, 0.1) is 0 Å². The highest BCUT2D eigenvalue weighted by Crippen LogP contribution is 2.13. The van der Waals surface area contributed by atoms with Crippen LogP contribution in [0.3, 0.4) is 0 Å². The molecule has 0 unspecified atom stereocenters. The molecule has 1 heterocycles. The first-order valence-electron chi connectivity index (χ1n) is 6.27. The summed E-state index contributed by atoms with van der Waals surface area (Å²) in [6, 6.07) is 0. The summed E-state index contributed by atoms with van der Waals surface area (Å²) in [5, 5.41) is 14.9. The van der Waals surface area contributed by atoms with Crippen LogP contribution < -0.4 is 5.69 Å². The first-order valence-corrected chi connectivity index (χ1v) is 7.25. The fraction of sp³-hybridized carbons (Fsp3) is 0.636. The molecule has 0 radical (unpaired) electrons. The molecule has 8 nitrogen and oxygen atoms in total. The number of hydrogen-bond donors (Lipinski definition) is 2. The molecule has 0 aliphatic heterocycles. The molecule has 0 atom stereocenters. The van der Waals surface area contributed by atoms with Gasteiger partial charge in [-0.05, 0) is 13.8 Å². The average Bonchev–Trinajstić information content (AvgIpc) is 2.76. The van der Waals surface area contributed by atoms with Gasteiger partial charge in [0.2, 0.25) is 5.91 Å². The predicted molar refractivity (Wildman–Crippen MR) is 73.8 cm³/mol. The van der Waals surface area contributed by atoms with Crippen molar-refractivity contribution in [3.05, 3.63) is 10.5 Å². The predicted octanol–water partition coefficient (Wildman–Crippen LogP) is 0.00660. The molecule has 9 heteroatoms. The summed E-state index contributed by atoms with van der Waals surface area (Å²) in [5.74, 6) is -1.22. The van der Waals surface area contributed by atoms with E-state index in [1.165, 1.54) is 4.57 Å². The largest absolute Gasteiger partial charge is 0.481 e. The summed E-state index contributed by atoms with van der Waals surface area (Å²) in [6.45, 7) is 5.21. The van der Waals surface area contributed by atoms with Crippen molar-refractivity contribution in [2.75, 3.05) is 18.8 Å². The Morgan fingerprint density at radius 1 is 1.40 bits per heavy atom. The van der Waals surface area contributed by atoms with E-state index >= 15 is 0 Å². The maximum absolute atomic E-state index is 11.9. The lowest BCUT2D eigenvalue weighted by molar-refractivity contribution is -0.134.